The number of likely N-dealkylation sites (tertiary alicyclic amines) is 1. The molecule has 142 valence electrons. The summed E-state index contributed by atoms with van der Waals surface area (Å²) in [6.45, 7) is -0.827. The lowest BCUT2D eigenvalue weighted by atomic mass is 9.71. The van der Waals surface area contributed by atoms with Gasteiger partial charge in [0.25, 0.3) is 0 Å². The van der Waals surface area contributed by atoms with E-state index in [0.29, 0.717) is 25.1 Å². The first kappa shape index (κ1) is 17.5. The number of rotatable bonds is 3. The van der Waals surface area contributed by atoms with Crippen molar-refractivity contribution in [3.8, 4) is 5.75 Å². The smallest absolute Gasteiger partial charge is 0.406 e. The van der Waals surface area contributed by atoms with Crippen molar-refractivity contribution in [1.82, 2.24) is 20.7 Å². The number of carbonyl (C=O) groups is 1. The molecule has 0 bridgehead atoms. The zero-order valence-corrected chi connectivity index (χ0v) is 14.1. The molecular formula is C17H21F3N4O2. The first-order valence-corrected chi connectivity index (χ1v) is 8.85. The van der Waals surface area contributed by atoms with Gasteiger partial charge in [0.15, 0.2) is 0 Å². The number of hydrogen-bond acceptors (Lipinski definition) is 5. The molecule has 1 amide bonds. The van der Waals surface area contributed by atoms with Gasteiger partial charge in [-0.25, -0.2) is 0 Å². The Bertz CT molecular complexity index is 657. The third-order valence-electron chi connectivity index (χ3n) is 5.59. The summed E-state index contributed by atoms with van der Waals surface area (Å²) in [5, 5.41) is 0. The van der Waals surface area contributed by atoms with Crippen LogP contribution in [0.5, 0.6) is 5.75 Å². The van der Waals surface area contributed by atoms with Crippen LogP contribution in [0.15, 0.2) is 24.5 Å². The first-order valence-electron chi connectivity index (χ1n) is 8.85. The summed E-state index contributed by atoms with van der Waals surface area (Å²) < 4.78 is 45.2. The van der Waals surface area contributed by atoms with E-state index in [4.69, 9.17) is 4.74 Å². The maximum Gasteiger partial charge on any atom is 0.406 e. The van der Waals surface area contributed by atoms with Gasteiger partial charge in [0, 0.05) is 31.2 Å². The minimum absolute atomic E-state index is 0.0104. The molecule has 2 saturated heterocycles. The van der Waals surface area contributed by atoms with Crippen LogP contribution in [0, 0.1) is 11.8 Å². The van der Waals surface area contributed by atoms with E-state index in [9.17, 15) is 18.0 Å². The fourth-order valence-electron chi connectivity index (χ4n) is 4.55. The second-order valence-corrected chi connectivity index (χ2v) is 7.21. The summed E-state index contributed by atoms with van der Waals surface area (Å²) in [7, 11) is 0. The molecule has 0 spiro atoms. The molecule has 3 heterocycles. The Kier molecular flexibility index (Phi) is 4.52. The highest BCUT2D eigenvalue weighted by molar-refractivity contribution is 5.82. The number of hydrogen-bond donors (Lipinski definition) is 2. The van der Waals surface area contributed by atoms with E-state index < -0.39 is 30.6 Å². The summed E-state index contributed by atoms with van der Waals surface area (Å²) in [6, 6.07) is 2.93. The number of pyridine rings is 1. The van der Waals surface area contributed by atoms with Gasteiger partial charge in [-0.05, 0) is 30.9 Å². The van der Waals surface area contributed by atoms with Gasteiger partial charge in [0.05, 0.1) is 12.1 Å². The van der Waals surface area contributed by atoms with Crippen molar-refractivity contribution in [2.45, 2.75) is 43.6 Å². The van der Waals surface area contributed by atoms with Crippen molar-refractivity contribution in [2.24, 2.45) is 11.8 Å². The number of nitrogens with zero attached hydrogens (tertiary/aromatic N) is 2. The Morgan fingerprint density at radius 1 is 1.35 bits per heavy atom. The minimum Gasteiger partial charge on any atom is -0.489 e. The van der Waals surface area contributed by atoms with E-state index in [0.717, 1.165) is 11.3 Å². The van der Waals surface area contributed by atoms with Crippen LogP contribution < -0.4 is 15.6 Å². The Balaban J connectivity index is 1.55. The monoisotopic (exact) mass is 370 g/mol. The summed E-state index contributed by atoms with van der Waals surface area (Å²) in [5.41, 5.74) is 6.05. The predicted octanol–water partition coefficient (Wildman–Crippen LogP) is 1.49. The zero-order chi connectivity index (χ0) is 18.3. The molecule has 5 unspecified atom stereocenters. The highest BCUT2D eigenvalue weighted by Crippen LogP contribution is 2.41. The molecule has 26 heavy (non-hydrogen) atoms. The van der Waals surface area contributed by atoms with Crippen LogP contribution in [0.25, 0.3) is 0 Å². The van der Waals surface area contributed by atoms with Gasteiger partial charge in [-0.1, -0.05) is 0 Å². The Labute approximate surface area is 149 Å². The van der Waals surface area contributed by atoms with Gasteiger partial charge in [0.1, 0.15) is 18.4 Å². The van der Waals surface area contributed by atoms with E-state index in [1.807, 2.05) is 0 Å². The topological polar surface area (TPSA) is 66.5 Å². The number of alkyl halides is 3. The Morgan fingerprint density at radius 2 is 2.19 bits per heavy atom. The normalized spacial score (nSPS) is 34.3. The lowest BCUT2D eigenvalue weighted by Gasteiger charge is -2.50. The Hall–Kier alpha value is -1.87. The molecule has 4 rings (SSSR count). The fraction of sp³-hybridized carbons (Fsp3) is 0.647. The van der Waals surface area contributed by atoms with Crippen LogP contribution in [-0.2, 0) is 4.79 Å². The standard InChI is InChI=1S/C17H21F3N4O2/c18-17(19,20)9-24-14-6-10(26-11-2-1-5-21-7-11)3-4-12(14)15-13(16(24)25)8-22-23-15/h1-2,5,7,10,12-15,22-23H,3-4,6,8-9H2. The number of carbonyl (C=O) groups excluding carboxylic acids is 1. The van der Waals surface area contributed by atoms with Crippen LogP contribution in [0.1, 0.15) is 19.3 Å². The van der Waals surface area contributed by atoms with Crippen LogP contribution in [-0.4, -0.2) is 53.2 Å². The van der Waals surface area contributed by atoms with Crippen LogP contribution in [0.3, 0.4) is 0 Å². The quantitative estimate of drug-likeness (QED) is 0.844. The number of piperidine rings is 1. The van der Waals surface area contributed by atoms with Gasteiger partial charge in [-0.2, -0.15) is 13.2 Å². The van der Waals surface area contributed by atoms with E-state index in [1.54, 1.807) is 24.5 Å². The molecule has 1 aliphatic carbocycles. The van der Waals surface area contributed by atoms with Crippen molar-refractivity contribution in [2.75, 3.05) is 13.1 Å². The second kappa shape index (κ2) is 6.70. The third-order valence-corrected chi connectivity index (χ3v) is 5.59. The molecule has 5 atom stereocenters. The average Bonchev–Trinajstić information content (AvgIpc) is 3.08. The molecule has 0 aromatic carbocycles. The number of fused-ring (bicyclic) bond motifs is 3. The van der Waals surface area contributed by atoms with Gasteiger partial charge < -0.3 is 9.64 Å². The maximum atomic E-state index is 13.1. The molecular weight excluding hydrogens is 349 g/mol. The number of hydrazine groups is 1. The van der Waals surface area contributed by atoms with Crippen molar-refractivity contribution in [3.05, 3.63) is 24.5 Å². The maximum absolute atomic E-state index is 13.1. The highest BCUT2D eigenvalue weighted by Gasteiger charge is 2.54. The van der Waals surface area contributed by atoms with Crippen LogP contribution in [0.4, 0.5) is 13.2 Å². The van der Waals surface area contributed by atoms with Crippen molar-refractivity contribution in [1.29, 1.82) is 0 Å². The molecule has 2 aliphatic heterocycles. The third kappa shape index (κ3) is 3.37. The van der Waals surface area contributed by atoms with Gasteiger partial charge in [-0.3, -0.25) is 20.6 Å². The number of nitrogens with one attached hydrogen (secondary N) is 2. The van der Waals surface area contributed by atoms with Gasteiger partial charge in [0.2, 0.25) is 5.91 Å². The summed E-state index contributed by atoms with van der Waals surface area (Å²) >= 11 is 0. The van der Waals surface area contributed by atoms with Crippen LogP contribution in [0.2, 0.25) is 0 Å². The van der Waals surface area contributed by atoms with Crippen LogP contribution >= 0.6 is 0 Å². The van der Waals surface area contributed by atoms with E-state index in [1.165, 1.54) is 0 Å². The second-order valence-electron chi connectivity index (χ2n) is 7.21. The SMILES string of the molecule is O=C1C2CNNC2C2CCC(Oc3cccnc3)CC2N1CC(F)(F)F. The molecule has 6 nitrogen and oxygen atoms in total. The lowest BCUT2D eigenvalue weighted by molar-refractivity contribution is -0.180. The van der Waals surface area contributed by atoms with Crippen molar-refractivity contribution in [3.63, 3.8) is 0 Å². The molecule has 2 N–H and O–H groups in total. The molecule has 3 fully saturated rings. The van der Waals surface area contributed by atoms with E-state index >= 15 is 0 Å². The summed E-state index contributed by atoms with van der Waals surface area (Å²) in [5.74, 6) is -0.273. The van der Waals surface area contributed by atoms with Crippen molar-refractivity contribution >= 4 is 5.91 Å². The Morgan fingerprint density at radius 3 is 2.92 bits per heavy atom. The van der Waals surface area contributed by atoms with E-state index in [-0.39, 0.29) is 18.1 Å². The molecule has 1 saturated carbocycles. The number of halogens is 3. The highest BCUT2D eigenvalue weighted by atomic mass is 19.4. The largest absolute Gasteiger partial charge is 0.489 e. The molecule has 3 aliphatic rings. The fourth-order valence-corrected chi connectivity index (χ4v) is 4.55. The number of amides is 1. The van der Waals surface area contributed by atoms with E-state index in [2.05, 4.69) is 15.8 Å². The summed E-state index contributed by atoms with van der Waals surface area (Å²) in [6.07, 6.45) is 0.435. The summed E-state index contributed by atoms with van der Waals surface area (Å²) in [4.78, 5) is 17.7. The van der Waals surface area contributed by atoms with Gasteiger partial charge in [-0.15, -0.1) is 0 Å². The molecule has 0 radical (unpaired) electrons. The zero-order valence-electron chi connectivity index (χ0n) is 14.1. The number of ether oxygens (including phenoxy) is 1. The first-order chi connectivity index (χ1) is 12.4. The van der Waals surface area contributed by atoms with Gasteiger partial charge >= 0.3 is 6.18 Å². The minimum atomic E-state index is -4.41. The predicted molar refractivity (Wildman–Crippen MR) is 86.0 cm³/mol. The van der Waals surface area contributed by atoms with Crippen molar-refractivity contribution < 1.29 is 22.7 Å². The lowest BCUT2D eigenvalue weighted by Crippen LogP contribution is -2.64. The number of aromatic nitrogens is 1. The molecule has 1 aromatic heterocycles. The molecule has 9 heteroatoms. The average molecular weight is 370 g/mol. The molecule has 1 aromatic rings.